The first-order chi connectivity index (χ1) is 7.86. The van der Waals surface area contributed by atoms with Gasteiger partial charge in [-0.05, 0) is 12.8 Å². The highest BCUT2D eigenvalue weighted by atomic mass is 79.9. The Morgan fingerprint density at radius 2 is 1.76 bits per heavy atom. The molecule has 1 rings (SSSR count). The second-order valence-electron chi connectivity index (χ2n) is 4.04. The predicted octanol–water partition coefficient (Wildman–Crippen LogP) is 2.28. The summed E-state index contributed by atoms with van der Waals surface area (Å²) >= 11 is 2.88. The quantitative estimate of drug-likeness (QED) is 0.746. The zero-order valence-corrected chi connectivity index (χ0v) is 10.7. The zero-order chi connectivity index (χ0) is 13.1. The van der Waals surface area contributed by atoms with Crippen LogP contribution in [0.1, 0.15) is 25.7 Å². The maximum atomic E-state index is 12.4. The van der Waals surface area contributed by atoms with Crippen LogP contribution in [0.25, 0.3) is 0 Å². The molecule has 0 heterocycles. The molecule has 1 aliphatic rings. The highest BCUT2D eigenvalue weighted by Gasteiger charge is 2.45. The number of carbonyl (C=O) groups is 2. The molecule has 98 valence electrons. The second-order valence-corrected chi connectivity index (χ2v) is 4.60. The summed E-state index contributed by atoms with van der Waals surface area (Å²) in [5.74, 6) is -2.33. The van der Waals surface area contributed by atoms with Crippen LogP contribution in [0.4, 0.5) is 13.2 Å². The van der Waals surface area contributed by atoms with Gasteiger partial charge in [-0.25, -0.2) is 0 Å². The summed E-state index contributed by atoms with van der Waals surface area (Å²) in [5, 5.41) is -0.0403. The van der Waals surface area contributed by atoms with Gasteiger partial charge in [-0.2, -0.15) is 13.2 Å². The average Bonchev–Trinajstić information content (AvgIpc) is 2.76. The Morgan fingerprint density at radius 3 is 2.18 bits per heavy atom. The molecule has 3 nitrogen and oxygen atoms in total. The van der Waals surface area contributed by atoms with E-state index in [-0.39, 0.29) is 5.33 Å². The third-order valence-electron chi connectivity index (χ3n) is 2.76. The van der Waals surface area contributed by atoms with Gasteiger partial charge in [0.25, 0.3) is 0 Å². The van der Waals surface area contributed by atoms with E-state index in [0.717, 1.165) is 12.8 Å². The van der Waals surface area contributed by atoms with Crippen LogP contribution in [0.2, 0.25) is 0 Å². The van der Waals surface area contributed by atoms with Gasteiger partial charge in [-0.15, -0.1) is 0 Å². The fourth-order valence-electron chi connectivity index (χ4n) is 1.98. The van der Waals surface area contributed by atoms with Crippen LogP contribution in [-0.4, -0.2) is 40.7 Å². The Balaban J connectivity index is 2.78. The Kier molecular flexibility index (Phi) is 4.97. The number of ketones is 1. The highest BCUT2D eigenvalue weighted by molar-refractivity contribution is 9.09. The summed E-state index contributed by atoms with van der Waals surface area (Å²) < 4.78 is 37.2. The number of hydrogen-bond donors (Lipinski definition) is 0. The first-order valence-corrected chi connectivity index (χ1v) is 6.44. The molecule has 0 aliphatic heterocycles. The van der Waals surface area contributed by atoms with Crippen LogP contribution >= 0.6 is 15.9 Å². The fourth-order valence-corrected chi connectivity index (χ4v) is 2.16. The molecule has 0 atom stereocenters. The molecule has 1 fully saturated rings. The van der Waals surface area contributed by atoms with Crippen LogP contribution in [0, 0.1) is 0 Å². The first kappa shape index (κ1) is 14.5. The van der Waals surface area contributed by atoms with Crippen molar-refractivity contribution >= 4 is 27.6 Å². The summed E-state index contributed by atoms with van der Waals surface area (Å²) in [6, 6.07) is -0.452. The number of carbonyl (C=O) groups excluding carboxylic acids is 2. The summed E-state index contributed by atoms with van der Waals surface area (Å²) in [5.41, 5.74) is 0. The van der Waals surface area contributed by atoms with Gasteiger partial charge in [-0.1, -0.05) is 28.8 Å². The van der Waals surface area contributed by atoms with E-state index in [4.69, 9.17) is 0 Å². The van der Waals surface area contributed by atoms with E-state index in [2.05, 4.69) is 15.9 Å². The van der Waals surface area contributed by atoms with Gasteiger partial charge in [0.05, 0.1) is 11.9 Å². The van der Waals surface area contributed by atoms with Gasteiger partial charge in [0.1, 0.15) is 0 Å². The summed E-state index contributed by atoms with van der Waals surface area (Å²) in [4.78, 5) is 23.1. The molecule has 0 spiro atoms. The van der Waals surface area contributed by atoms with Gasteiger partial charge >= 0.3 is 12.1 Å². The van der Waals surface area contributed by atoms with Crippen molar-refractivity contribution < 1.29 is 22.8 Å². The van der Waals surface area contributed by atoms with Crippen molar-refractivity contribution in [3.05, 3.63) is 0 Å². The lowest BCUT2D eigenvalue weighted by molar-refractivity contribution is -0.188. The largest absolute Gasteiger partial charge is 0.471 e. The van der Waals surface area contributed by atoms with Crippen molar-refractivity contribution in [1.82, 2.24) is 4.90 Å². The number of halogens is 4. The van der Waals surface area contributed by atoms with Crippen LogP contribution in [0.3, 0.4) is 0 Å². The van der Waals surface area contributed by atoms with Gasteiger partial charge in [0.2, 0.25) is 0 Å². The Morgan fingerprint density at radius 1 is 1.24 bits per heavy atom. The van der Waals surface area contributed by atoms with Gasteiger partial charge < -0.3 is 4.90 Å². The molecule has 17 heavy (non-hydrogen) atoms. The molecule has 0 radical (unpaired) electrons. The molecule has 0 aromatic heterocycles. The van der Waals surface area contributed by atoms with E-state index in [1.807, 2.05) is 0 Å². The molecule has 7 heteroatoms. The summed E-state index contributed by atoms with van der Waals surface area (Å²) in [6.45, 7) is -0.464. The number of hydrogen-bond acceptors (Lipinski definition) is 2. The number of Topliss-reactive ketones (excluding diaryl/α,β-unsaturated/α-hetero) is 1. The minimum Gasteiger partial charge on any atom is -0.325 e. The molecule has 0 N–H and O–H groups in total. The Hall–Kier alpha value is -0.590. The molecule has 0 bridgehead atoms. The Bertz CT molecular complexity index is 300. The van der Waals surface area contributed by atoms with Crippen molar-refractivity contribution in [2.75, 3.05) is 11.9 Å². The number of alkyl halides is 4. The lowest BCUT2D eigenvalue weighted by Gasteiger charge is -2.28. The van der Waals surface area contributed by atoms with Crippen molar-refractivity contribution in [1.29, 1.82) is 0 Å². The van der Waals surface area contributed by atoms with Crippen LogP contribution in [0.15, 0.2) is 0 Å². The van der Waals surface area contributed by atoms with E-state index in [1.54, 1.807) is 0 Å². The molecule has 1 amide bonds. The highest BCUT2D eigenvalue weighted by Crippen LogP contribution is 2.27. The first-order valence-electron chi connectivity index (χ1n) is 5.31. The maximum absolute atomic E-state index is 12.4. The van der Waals surface area contributed by atoms with Crippen molar-refractivity contribution in [2.24, 2.45) is 0 Å². The normalized spacial score (nSPS) is 17.2. The van der Waals surface area contributed by atoms with E-state index in [9.17, 15) is 22.8 Å². The van der Waals surface area contributed by atoms with Crippen molar-refractivity contribution in [2.45, 2.75) is 37.9 Å². The summed E-state index contributed by atoms with van der Waals surface area (Å²) in [7, 11) is 0. The van der Waals surface area contributed by atoms with Gasteiger partial charge in [0.15, 0.2) is 5.78 Å². The molecule has 1 saturated carbocycles. The molecule has 0 saturated heterocycles. The van der Waals surface area contributed by atoms with E-state index in [1.165, 1.54) is 0 Å². The van der Waals surface area contributed by atoms with Crippen molar-refractivity contribution in [3.63, 3.8) is 0 Å². The smallest absolute Gasteiger partial charge is 0.325 e. The monoisotopic (exact) mass is 315 g/mol. The Labute approximate surface area is 105 Å². The lowest BCUT2D eigenvalue weighted by atomic mass is 10.2. The third kappa shape index (κ3) is 3.97. The van der Waals surface area contributed by atoms with E-state index in [0.29, 0.717) is 17.7 Å². The molecular formula is C10H13BrF3NO2. The standard InChI is InChI=1S/C10H13BrF3NO2/c11-5-8(16)6-15(7-3-1-2-4-7)9(17)10(12,13)14/h7H,1-6H2. The second kappa shape index (κ2) is 5.84. The van der Waals surface area contributed by atoms with Crippen LogP contribution in [-0.2, 0) is 9.59 Å². The van der Waals surface area contributed by atoms with Crippen LogP contribution < -0.4 is 0 Å². The number of amides is 1. The number of nitrogens with zero attached hydrogens (tertiary/aromatic N) is 1. The van der Waals surface area contributed by atoms with Gasteiger partial charge in [-0.3, -0.25) is 9.59 Å². The molecule has 0 aromatic rings. The average molecular weight is 316 g/mol. The van der Waals surface area contributed by atoms with E-state index >= 15 is 0 Å². The molecule has 1 aliphatic carbocycles. The zero-order valence-electron chi connectivity index (χ0n) is 9.10. The fraction of sp³-hybridized carbons (Fsp3) is 0.800. The predicted molar refractivity (Wildman–Crippen MR) is 58.8 cm³/mol. The van der Waals surface area contributed by atoms with Crippen LogP contribution in [0.5, 0.6) is 0 Å². The number of rotatable bonds is 4. The van der Waals surface area contributed by atoms with Crippen molar-refractivity contribution in [3.8, 4) is 0 Å². The lowest BCUT2D eigenvalue weighted by Crippen LogP contribution is -2.48. The minimum atomic E-state index is -4.91. The minimum absolute atomic E-state index is 0.0403. The molecular weight excluding hydrogens is 303 g/mol. The van der Waals surface area contributed by atoms with Gasteiger partial charge in [0, 0.05) is 6.04 Å². The van der Waals surface area contributed by atoms with E-state index < -0.39 is 30.5 Å². The maximum Gasteiger partial charge on any atom is 0.471 e. The SMILES string of the molecule is O=C(CBr)CN(C(=O)C(F)(F)F)C1CCCC1. The molecule has 0 unspecified atom stereocenters. The summed E-state index contributed by atoms with van der Waals surface area (Å²) in [6.07, 6.45) is -2.23. The molecule has 0 aromatic carbocycles. The third-order valence-corrected chi connectivity index (χ3v) is 3.39. The topological polar surface area (TPSA) is 37.4 Å².